The van der Waals surface area contributed by atoms with E-state index in [9.17, 15) is 13.2 Å². The molecule has 2 heterocycles. The molecule has 2 aromatic rings. The Bertz CT molecular complexity index is 1030. The normalized spacial score (nSPS) is 19.8. The fraction of sp³-hybridized carbons (Fsp3) is 0.435. The van der Waals surface area contributed by atoms with Crippen LogP contribution in [0, 0.1) is 6.92 Å². The van der Waals surface area contributed by atoms with E-state index in [2.05, 4.69) is 10.6 Å². The van der Waals surface area contributed by atoms with Crippen LogP contribution in [0.25, 0.3) is 0 Å². The number of sulfonamides is 1. The van der Waals surface area contributed by atoms with Crippen LogP contribution in [0.1, 0.15) is 46.3 Å². The minimum Gasteiger partial charge on any atom is -0.350 e. The lowest BCUT2D eigenvalue weighted by Crippen LogP contribution is -2.44. The van der Waals surface area contributed by atoms with Crippen LogP contribution in [0.4, 0.5) is 0 Å². The summed E-state index contributed by atoms with van der Waals surface area (Å²) in [6.45, 7) is 4.00. The van der Waals surface area contributed by atoms with E-state index in [0.717, 1.165) is 31.4 Å². The Morgan fingerprint density at radius 1 is 1.13 bits per heavy atom. The second kappa shape index (κ2) is 8.88. The number of hydrogen-bond donors (Lipinski definition) is 2. The summed E-state index contributed by atoms with van der Waals surface area (Å²) >= 11 is 0. The number of hydrogen-bond acceptors (Lipinski definition) is 4. The Labute approximate surface area is 178 Å². The number of aryl methyl sites for hydroxylation is 1. The van der Waals surface area contributed by atoms with E-state index in [0.29, 0.717) is 31.6 Å². The standard InChI is InChI=1S/C23H29N3O3S/c1-17-7-6-11-21(22(17)23(27)25-15-20-10-4-5-13-24-20)30(28,29)26-14-12-18-8-2-3-9-19(18)16-26/h2-3,6-9,11,20,24H,4-5,10,12-16H2,1H3,(H,25,27)/t20-/m1/s1. The fourth-order valence-electron chi connectivity index (χ4n) is 4.36. The highest BCUT2D eigenvalue weighted by Crippen LogP contribution is 2.28. The third-order valence-electron chi connectivity index (χ3n) is 6.10. The van der Waals surface area contributed by atoms with E-state index in [-0.39, 0.29) is 22.4 Å². The Kier molecular flexibility index (Phi) is 6.22. The Balaban J connectivity index is 1.58. The van der Waals surface area contributed by atoms with Crippen LogP contribution in [-0.2, 0) is 23.0 Å². The first-order valence-electron chi connectivity index (χ1n) is 10.6. The molecule has 0 radical (unpaired) electrons. The van der Waals surface area contributed by atoms with Crippen molar-refractivity contribution in [2.24, 2.45) is 0 Å². The Morgan fingerprint density at radius 2 is 1.93 bits per heavy atom. The number of nitrogens with one attached hydrogen (secondary N) is 2. The summed E-state index contributed by atoms with van der Waals surface area (Å²) in [7, 11) is -3.79. The summed E-state index contributed by atoms with van der Waals surface area (Å²) in [5.74, 6) is -0.323. The number of carbonyl (C=O) groups is 1. The minimum atomic E-state index is -3.79. The molecule has 0 unspecified atom stereocenters. The maximum Gasteiger partial charge on any atom is 0.252 e. The predicted molar refractivity (Wildman–Crippen MR) is 117 cm³/mol. The molecule has 30 heavy (non-hydrogen) atoms. The first-order chi connectivity index (χ1) is 14.5. The van der Waals surface area contributed by atoms with E-state index in [1.807, 2.05) is 24.3 Å². The van der Waals surface area contributed by atoms with Crippen LogP contribution < -0.4 is 10.6 Å². The first kappa shape index (κ1) is 21.0. The first-order valence-corrected chi connectivity index (χ1v) is 12.1. The van der Waals surface area contributed by atoms with Gasteiger partial charge in [-0.15, -0.1) is 0 Å². The van der Waals surface area contributed by atoms with Crippen molar-refractivity contribution in [1.29, 1.82) is 0 Å². The van der Waals surface area contributed by atoms with Gasteiger partial charge in [0, 0.05) is 25.7 Å². The summed E-state index contributed by atoms with van der Waals surface area (Å²) in [5.41, 5.74) is 3.13. The van der Waals surface area contributed by atoms with Gasteiger partial charge in [-0.1, -0.05) is 42.8 Å². The molecule has 2 aliphatic heterocycles. The van der Waals surface area contributed by atoms with Gasteiger partial charge < -0.3 is 10.6 Å². The number of piperidine rings is 1. The summed E-state index contributed by atoms with van der Waals surface area (Å²) in [5, 5.41) is 6.36. The van der Waals surface area contributed by atoms with Gasteiger partial charge in [0.05, 0.1) is 10.5 Å². The molecule has 2 N–H and O–H groups in total. The molecule has 0 spiro atoms. The molecule has 0 aromatic heterocycles. The number of benzene rings is 2. The second-order valence-electron chi connectivity index (χ2n) is 8.16. The van der Waals surface area contributed by atoms with Gasteiger partial charge in [0.1, 0.15) is 0 Å². The number of rotatable bonds is 5. The summed E-state index contributed by atoms with van der Waals surface area (Å²) in [6.07, 6.45) is 4.00. The van der Waals surface area contributed by atoms with Gasteiger partial charge in [0.2, 0.25) is 10.0 Å². The van der Waals surface area contributed by atoms with Gasteiger partial charge in [0.25, 0.3) is 5.91 Å². The zero-order valence-corrected chi connectivity index (χ0v) is 18.2. The van der Waals surface area contributed by atoms with Crippen molar-refractivity contribution in [2.75, 3.05) is 19.6 Å². The smallest absolute Gasteiger partial charge is 0.252 e. The van der Waals surface area contributed by atoms with Gasteiger partial charge in [-0.2, -0.15) is 4.31 Å². The lowest BCUT2D eigenvalue weighted by Gasteiger charge is -2.29. The highest BCUT2D eigenvalue weighted by atomic mass is 32.2. The number of carbonyl (C=O) groups excluding carboxylic acids is 1. The van der Waals surface area contributed by atoms with E-state index in [4.69, 9.17) is 0 Å². The van der Waals surface area contributed by atoms with Crippen LogP contribution >= 0.6 is 0 Å². The lowest BCUT2D eigenvalue weighted by atomic mass is 10.0. The quantitative estimate of drug-likeness (QED) is 0.769. The fourth-order valence-corrected chi connectivity index (χ4v) is 6.04. The maximum atomic E-state index is 13.5. The van der Waals surface area contributed by atoms with Crippen LogP contribution in [0.2, 0.25) is 0 Å². The van der Waals surface area contributed by atoms with Gasteiger partial charge in [-0.3, -0.25) is 4.79 Å². The molecule has 1 fully saturated rings. The van der Waals surface area contributed by atoms with E-state index in [1.54, 1.807) is 25.1 Å². The van der Waals surface area contributed by atoms with Crippen molar-refractivity contribution >= 4 is 15.9 Å². The zero-order valence-electron chi connectivity index (χ0n) is 17.4. The molecule has 2 aliphatic rings. The molecule has 2 aromatic carbocycles. The lowest BCUT2D eigenvalue weighted by molar-refractivity contribution is 0.0943. The van der Waals surface area contributed by atoms with Crippen molar-refractivity contribution in [3.05, 3.63) is 64.7 Å². The third-order valence-corrected chi connectivity index (χ3v) is 7.98. The Morgan fingerprint density at radius 3 is 2.70 bits per heavy atom. The highest BCUT2D eigenvalue weighted by Gasteiger charge is 2.32. The molecule has 0 bridgehead atoms. The van der Waals surface area contributed by atoms with Crippen LogP contribution in [0.3, 0.4) is 0 Å². The van der Waals surface area contributed by atoms with Crippen LogP contribution in [0.5, 0.6) is 0 Å². The minimum absolute atomic E-state index is 0.0935. The van der Waals surface area contributed by atoms with Crippen molar-refractivity contribution in [1.82, 2.24) is 14.9 Å². The summed E-state index contributed by atoms with van der Waals surface area (Å²) in [4.78, 5) is 13.1. The average Bonchev–Trinajstić information content (AvgIpc) is 2.77. The van der Waals surface area contributed by atoms with E-state index in [1.165, 1.54) is 9.87 Å². The van der Waals surface area contributed by atoms with E-state index < -0.39 is 10.0 Å². The molecular weight excluding hydrogens is 398 g/mol. The third kappa shape index (κ3) is 4.29. The molecule has 0 saturated carbocycles. The molecule has 7 heteroatoms. The van der Waals surface area contributed by atoms with Crippen molar-refractivity contribution in [2.45, 2.75) is 50.1 Å². The number of fused-ring (bicyclic) bond motifs is 1. The number of amides is 1. The predicted octanol–water partition coefficient (Wildman–Crippen LogP) is 2.61. The zero-order chi connectivity index (χ0) is 21.1. The molecule has 160 valence electrons. The van der Waals surface area contributed by atoms with Gasteiger partial charge in [-0.25, -0.2) is 8.42 Å². The van der Waals surface area contributed by atoms with Gasteiger partial charge in [0.15, 0.2) is 0 Å². The van der Waals surface area contributed by atoms with Gasteiger partial charge in [-0.05, 0) is 55.5 Å². The summed E-state index contributed by atoms with van der Waals surface area (Å²) in [6, 6.07) is 13.2. The molecule has 1 atom stereocenters. The molecule has 4 rings (SSSR count). The molecular formula is C23H29N3O3S. The molecule has 0 aliphatic carbocycles. The number of nitrogens with zero attached hydrogens (tertiary/aromatic N) is 1. The maximum absolute atomic E-state index is 13.5. The second-order valence-corrected chi connectivity index (χ2v) is 10.1. The van der Waals surface area contributed by atoms with Crippen LogP contribution in [-0.4, -0.2) is 44.3 Å². The summed E-state index contributed by atoms with van der Waals surface area (Å²) < 4.78 is 28.5. The van der Waals surface area contributed by atoms with Crippen molar-refractivity contribution < 1.29 is 13.2 Å². The monoisotopic (exact) mass is 427 g/mol. The molecule has 1 amide bonds. The Hall–Kier alpha value is -2.22. The van der Waals surface area contributed by atoms with Gasteiger partial charge >= 0.3 is 0 Å². The SMILES string of the molecule is Cc1cccc(S(=O)(=O)N2CCc3ccccc3C2)c1C(=O)NC[C@H]1CCCCN1. The van der Waals surface area contributed by atoms with Crippen LogP contribution in [0.15, 0.2) is 47.4 Å². The van der Waals surface area contributed by atoms with E-state index >= 15 is 0 Å². The average molecular weight is 428 g/mol. The highest BCUT2D eigenvalue weighted by molar-refractivity contribution is 7.89. The van der Waals surface area contributed by atoms with Crippen molar-refractivity contribution in [3.63, 3.8) is 0 Å². The molecule has 1 saturated heterocycles. The topological polar surface area (TPSA) is 78.5 Å². The largest absolute Gasteiger partial charge is 0.350 e. The van der Waals surface area contributed by atoms with Crippen molar-refractivity contribution in [3.8, 4) is 0 Å². The molecule has 6 nitrogen and oxygen atoms in total.